The smallest absolute Gasteiger partial charge is 0.305 e. The molecule has 0 saturated heterocycles. The molecule has 0 radical (unpaired) electrons. The van der Waals surface area contributed by atoms with Crippen LogP contribution in [0.2, 0.25) is 0 Å². The van der Waals surface area contributed by atoms with Gasteiger partial charge in [-0.1, -0.05) is 18.7 Å². The van der Waals surface area contributed by atoms with Crippen molar-refractivity contribution in [3.63, 3.8) is 0 Å². The van der Waals surface area contributed by atoms with Gasteiger partial charge in [0, 0.05) is 31.4 Å². The molecule has 0 unspecified atom stereocenters. The van der Waals surface area contributed by atoms with Crippen LogP contribution in [0.15, 0.2) is 54.8 Å². The van der Waals surface area contributed by atoms with Gasteiger partial charge in [-0.2, -0.15) is 0 Å². The number of carbonyl (C=O) groups excluding carboxylic acids is 2. The number of nitrogens with one attached hydrogen (secondary N) is 1. The Morgan fingerprint density at radius 3 is 2.84 bits per heavy atom. The molecule has 1 N–H and O–H groups in total. The van der Waals surface area contributed by atoms with Crippen molar-refractivity contribution in [3.8, 4) is 0 Å². The minimum atomic E-state index is -0.369. The quantitative estimate of drug-likeness (QED) is 0.401. The minimum Gasteiger partial charge on any atom is -0.469 e. The summed E-state index contributed by atoms with van der Waals surface area (Å²) in [5.41, 5.74) is 2.02. The van der Waals surface area contributed by atoms with Gasteiger partial charge in [-0.3, -0.25) is 9.59 Å². The van der Waals surface area contributed by atoms with E-state index in [1.807, 2.05) is 30.2 Å². The van der Waals surface area contributed by atoms with Crippen molar-refractivity contribution < 1.29 is 18.7 Å². The van der Waals surface area contributed by atoms with Gasteiger partial charge in [0.05, 0.1) is 7.11 Å². The largest absolute Gasteiger partial charge is 0.469 e. The molecule has 1 aromatic carbocycles. The number of hydrogen-bond acceptors (Lipinski definition) is 4. The zero-order valence-corrected chi connectivity index (χ0v) is 14.5. The molecule has 5 nitrogen and oxygen atoms in total. The summed E-state index contributed by atoms with van der Waals surface area (Å²) in [6.45, 7) is 4.17. The van der Waals surface area contributed by atoms with Crippen LogP contribution in [-0.4, -0.2) is 31.4 Å². The van der Waals surface area contributed by atoms with E-state index in [1.165, 1.54) is 25.3 Å². The van der Waals surface area contributed by atoms with Crippen LogP contribution in [0, 0.1) is 5.82 Å². The number of amides is 1. The number of carbonyl (C=O) groups is 2. The van der Waals surface area contributed by atoms with Crippen LogP contribution < -0.4 is 5.32 Å². The topological polar surface area (TPSA) is 58.6 Å². The first-order valence-electron chi connectivity index (χ1n) is 7.77. The van der Waals surface area contributed by atoms with Crippen LogP contribution in [0.25, 0.3) is 0 Å². The lowest BCUT2D eigenvalue weighted by Gasteiger charge is -2.21. The van der Waals surface area contributed by atoms with Gasteiger partial charge in [-0.15, -0.1) is 0 Å². The second kappa shape index (κ2) is 10.8. The lowest BCUT2D eigenvalue weighted by atomic mass is 10.1. The number of benzene rings is 1. The average molecular weight is 346 g/mol. The standard InChI is InChI=1S/C19H23FN2O3/c1-4-17(8-6-5-7-9-19(24)25-3)22(2)13-15-12-16(20)10-11-18(15)21-14-23/h4-6,8,10-12,14H,1,7,9,13H2,2-3H3,(H,21,23)/b6-5-,17-8+. The van der Waals surface area contributed by atoms with E-state index in [2.05, 4.69) is 16.6 Å². The number of rotatable bonds is 10. The Morgan fingerprint density at radius 2 is 2.20 bits per heavy atom. The monoisotopic (exact) mass is 346 g/mol. The van der Waals surface area contributed by atoms with Crippen molar-refractivity contribution >= 4 is 18.1 Å². The molecular formula is C19H23FN2O3. The van der Waals surface area contributed by atoms with Crippen molar-refractivity contribution in [1.29, 1.82) is 0 Å². The normalized spacial score (nSPS) is 11.2. The molecule has 0 aliphatic heterocycles. The molecule has 6 heteroatoms. The molecule has 25 heavy (non-hydrogen) atoms. The number of likely N-dealkylation sites (N-methyl/N-ethyl adjacent to an activating group) is 1. The van der Waals surface area contributed by atoms with Crippen LogP contribution in [0.5, 0.6) is 0 Å². The maximum atomic E-state index is 13.5. The number of hydrogen-bond donors (Lipinski definition) is 1. The number of nitrogens with zero attached hydrogens (tertiary/aromatic N) is 1. The molecule has 0 aromatic heterocycles. The Bertz CT molecular complexity index is 669. The first-order chi connectivity index (χ1) is 12.0. The van der Waals surface area contributed by atoms with Crippen LogP contribution in [0.1, 0.15) is 18.4 Å². The fourth-order valence-electron chi connectivity index (χ4n) is 2.16. The van der Waals surface area contributed by atoms with Crippen molar-refractivity contribution in [1.82, 2.24) is 4.90 Å². The molecule has 0 spiro atoms. The number of esters is 1. The van der Waals surface area contributed by atoms with E-state index >= 15 is 0 Å². The predicted octanol–water partition coefficient (Wildman–Crippen LogP) is 3.41. The van der Waals surface area contributed by atoms with E-state index in [0.29, 0.717) is 37.0 Å². The Labute approximate surface area is 147 Å². The van der Waals surface area contributed by atoms with Gasteiger partial charge in [0.1, 0.15) is 5.82 Å². The number of allylic oxidation sites excluding steroid dienone is 4. The summed E-state index contributed by atoms with van der Waals surface area (Å²) in [4.78, 5) is 23.6. The van der Waals surface area contributed by atoms with E-state index in [9.17, 15) is 14.0 Å². The summed E-state index contributed by atoms with van der Waals surface area (Å²) in [7, 11) is 3.20. The fourth-order valence-corrected chi connectivity index (χ4v) is 2.16. The van der Waals surface area contributed by atoms with Crippen LogP contribution in [0.3, 0.4) is 0 Å². The second-order valence-corrected chi connectivity index (χ2v) is 5.26. The minimum absolute atomic E-state index is 0.254. The van der Waals surface area contributed by atoms with Gasteiger partial charge in [0.2, 0.25) is 6.41 Å². The highest BCUT2D eigenvalue weighted by molar-refractivity contribution is 5.73. The summed E-state index contributed by atoms with van der Waals surface area (Å²) in [6, 6.07) is 4.20. The van der Waals surface area contributed by atoms with Crippen LogP contribution in [0.4, 0.5) is 10.1 Å². The molecule has 0 bridgehead atoms. The SMILES string of the molecule is C=C/C(=C\C=C/CCC(=O)OC)N(C)Cc1cc(F)ccc1NC=O. The van der Waals surface area contributed by atoms with Gasteiger partial charge >= 0.3 is 5.97 Å². The number of anilines is 1. The lowest BCUT2D eigenvalue weighted by Crippen LogP contribution is -2.17. The van der Waals surface area contributed by atoms with Crippen LogP contribution >= 0.6 is 0 Å². The zero-order valence-electron chi connectivity index (χ0n) is 14.5. The number of halogens is 1. The van der Waals surface area contributed by atoms with E-state index in [4.69, 9.17) is 0 Å². The summed E-state index contributed by atoms with van der Waals surface area (Å²) >= 11 is 0. The van der Waals surface area contributed by atoms with Gasteiger partial charge in [0.25, 0.3) is 0 Å². The number of ether oxygens (including phenoxy) is 1. The molecule has 0 heterocycles. The first-order valence-corrected chi connectivity index (χ1v) is 7.77. The molecule has 1 amide bonds. The van der Waals surface area contributed by atoms with E-state index in [-0.39, 0.29) is 11.8 Å². The predicted molar refractivity (Wildman–Crippen MR) is 96.2 cm³/mol. The summed E-state index contributed by atoms with van der Waals surface area (Å²) in [6.07, 6.45) is 8.67. The molecule has 0 aliphatic carbocycles. The third-order valence-corrected chi connectivity index (χ3v) is 3.49. The molecule has 0 aliphatic rings. The third-order valence-electron chi connectivity index (χ3n) is 3.49. The van der Waals surface area contributed by atoms with Crippen molar-refractivity contribution in [2.75, 3.05) is 19.5 Å². The lowest BCUT2D eigenvalue weighted by molar-refractivity contribution is -0.140. The Kier molecular flexibility index (Phi) is 8.71. The van der Waals surface area contributed by atoms with Gasteiger partial charge in [-0.05, 0) is 42.3 Å². The van der Waals surface area contributed by atoms with Crippen molar-refractivity contribution in [3.05, 3.63) is 66.2 Å². The molecule has 0 saturated carbocycles. The van der Waals surface area contributed by atoms with Crippen molar-refractivity contribution in [2.45, 2.75) is 19.4 Å². The second-order valence-electron chi connectivity index (χ2n) is 5.26. The van der Waals surface area contributed by atoms with Gasteiger partial charge < -0.3 is 15.0 Å². The summed E-state index contributed by atoms with van der Waals surface area (Å²) < 4.78 is 18.1. The molecule has 0 fully saturated rings. The maximum Gasteiger partial charge on any atom is 0.305 e. The van der Waals surface area contributed by atoms with Crippen molar-refractivity contribution in [2.24, 2.45) is 0 Å². The summed E-state index contributed by atoms with van der Waals surface area (Å²) in [5.74, 6) is -0.623. The van der Waals surface area contributed by atoms with Crippen LogP contribution in [-0.2, 0) is 20.9 Å². The Morgan fingerprint density at radius 1 is 1.44 bits per heavy atom. The molecular weight excluding hydrogens is 323 g/mol. The molecule has 134 valence electrons. The highest BCUT2D eigenvalue weighted by atomic mass is 19.1. The van der Waals surface area contributed by atoms with E-state index < -0.39 is 0 Å². The molecule has 1 aromatic rings. The highest BCUT2D eigenvalue weighted by Gasteiger charge is 2.08. The van der Waals surface area contributed by atoms with E-state index in [0.717, 1.165) is 5.70 Å². The Balaban J connectivity index is 2.77. The Hall–Kier alpha value is -2.89. The third kappa shape index (κ3) is 7.03. The van der Waals surface area contributed by atoms with Gasteiger partial charge in [0.15, 0.2) is 0 Å². The first kappa shape index (κ1) is 20.2. The zero-order chi connectivity index (χ0) is 18.7. The maximum absolute atomic E-state index is 13.5. The summed E-state index contributed by atoms with van der Waals surface area (Å²) in [5, 5.41) is 2.56. The fraction of sp³-hybridized carbons (Fsp3) is 0.263. The molecule has 0 atom stereocenters. The van der Waals surface area contributed by atoms with E-state index in [1.54, 1.807) is 6.08 Å². The highest BCUT2D eigenvalue weighted by Crippen LogP contribution is 2.20. The number of methoxy groups -OCH3 is 1. The van der Waals surface area contributed by atoms with Gasteiger partial charge in [-0.25, -0.2) is 4.39 Å². The molecule has 1 rings (SSSR count). The average Bonchev–Trinajstić information content (AvgIpc) is 2.60.